The molecular formula is C4H6NaOSi. The van der Waals surface area contributed by atoms with Crippen LogP contribution in [0.15, 0.2) is 24.1 Å². The van der Waals surface area contributed by atoms with Crippen LogP contribution in [0.25, 0.3) is 0 Å². The number of hydrogen-bond donors (Lipinski definition) is 0. The number of allylic oxidation sites excluding steroid dienone is 2. The maximum atomic E-state index is 4.94. The Kier molecular flexibility index (Phi) is 4.98. The molecule has 0 aromatic carbocycles. The van der Waals surface area contributed by atoms with Gasteiger partial charge in [0.15, 0.2) is 0 Å². The topological polar surface area (TPSA) is 9.23 Å². The van der Waals surface area contributed by atoms with E-state index in [1.807, 2.05) is 12.2 Å². The van der Waals surface area contributed by atoms with E-state index in [1.165, 1.54) is 0 Å². The van der Waals surface area contributed by atoms with E-state index in [0.717, 1.165) is 0 Å². The molecule has 0 spiro atoms. The van der Waals surface area contributed by atoms with Crippen LogP contribution in [-0.4, -0.2) is 39.3 Å². The molecule has 1 heterocycles. The molecule has 3 heteroatoms. The fourth-order valence-corrected chi connectivity index (χ4v) is 0.948. The Morgan fingerprint density at radius 2 is 2.14 bits per heavy atom. The van der Waals surface area contributed by atoms with Crippen LogP contribution in [0.2, 0.25) is 0 Å². The SMILES string of the molecule is C1=CO[SiH2]C=C1.[Na]. The first-order valence-electron chi connectivity index (χ1n) is 1.93. The fraction of sp³-hybridized carbons (Fsp3) is 0. The molecule has 0 fully saturated rings. The van der Waals surface area contributed by atoms with E-state index in [2.05, 4.69) is 5.70 Å². The van der Waals surface area contributed by atoms with Crippen LogP contribution in [0.3, 0.4) is 0 Å². The second kappa shape index (κ2) is 4.65. The van der Waals surface area contributed by atoms with Gasteiger partial charge < -0.3 is 4.43 Å². The van der Waals surface area contributed by atoms with E-state index in [9.17, 15) is 0 Å². The summed E-state index contributed by atoms with van der Waals surface area (Å²) in [4.78, 5) is 0. The largest absolute Gasteiger partial charge is 0.551 e. The van der Waals surface area contributed by atoms with Gasteiger partial charge in [0.2, 0.25) is 9.76 Å². The van der Waals surface area contributed by atoms with E-state index >= 15 is 0 Å². The van der Waals surface area contributed by atoms with Gasteiger partial charge in [0.25, 0.3) is 0 Å². The summed E-state index contributed by atoms with van der Waals surface area (Å²) in [6, 6.07) is 0. The van der Waals surface area contributed by atoms with Crippen LogP contribution in [0, 0.1) is 0 Å². The molecule has 1 aliphatic rings. The van der Waals surface area contributed by atoms with Crippen molar-refractivity contribution in [3.63, 3.8) is 0 Å². The Bertz CT molecular complexity index is 77.7. The molecule has 0 saturated heterocycles. The van der Waals surface area contributed by atoms with Crippen molar-refractivity contribution in [3.05, 3.63) is 24.1 Å². The quantitative estimate of drug-likeness (QED) is 0.401. The summed E-state index contributed by atoms with van der Waals surface area (Å²) >= 11 is 0. The Balaban J connectivity index is 0.000000360. The van der Waals surface area contributed by atoms with Crippen molar-refractivity contribution >= 4 is 39.3 Å². The first-order chi connectivity index (χ1) is 3.00. The summed E-state index contributed by atoms with van der Waals surface area (Å²) in [6.07, 6.45) is 5.67. The van der Waals surface area contributed by atoms with E-state index in [1.54, 1.807) is 6.26 Å². The molecule has 0 saturated carbocycles. The normalized spacial score (nSPS) is 18.3. The van der Waals surface area contributed by atoms with Crippen LogP contribution < -0.4 is 0 Å². The number of hydrogen-bond acceptors (Lipinski definition) is 1. The maximum Gasteiger partial charge on any atom is 0.243 e. The van der Waals surface area contributed by atoms with E-state index in [4.69, 9.17) is 4.43 Å². The van der Waals surface area contributed by atoms with E-state index in [-0.39, 0.29) is 39.3 Å². The van der Waals surface area contributed by atoms with Gasteiger partial charge in [-0.25, -0.2) is 0 Å². The van der Waals surface area contributed by atoms with Crippen molar-refractivity contribution in [1.82, 2.24) is 0 Å². The summed E-state index contributed by atoms with van der Waals surface area (Å²) in [7, 11) is -0.259. The minimum absolute atomic E-state index is 0. The van der Waals surface area contributed by atoms with Gasteiger partial charge in [0.05, 0.1) is 6.26 Å². The van der Waals surface area contributed by atoms with Gasteiger partial charge in [-0.3, -0.25) is 0 Å². The molecule has 0 bridgehead atoms. The molecule has 0 N–H and O–H groups in total. The molecule has 0 aromatic heterocycles. The second-order valence-corrected chi connectivity index (χ2v) is 2.23. The molecule has 7 heavy (non-hydrogen) atoms. The Hall–Kier alpha value is 0.497. The Labute approximate surface area is 67.7 Å². The molecular weight excluding hydrogens is 115 g/mol. The standard InChI is InChI=1S/C4H6OSi.Na/c1-2-4-6-5-3-1;/h1-4H,6H2;. The molecule has 0 aliphatic carbocycles. The third kappa shape index (κ3) is 3.11. The minimum Gasteiger partial charge on any atom is -0.551 e. The zero-order chi connectivity index (χ0) is 4.24. The van der Waals surface area contributed by atoms with Crippen molar-refractivity contribution in [3.8, 4) is 0 Å². The first kappa shape index (κ1) is 7.50. The van der Waals surface area contributed by atoms with Gasteiger partial charge in [0.1, 0.15) is 0 Å². The maximum absolute atomic E-state index is 4.94. The number of rotatable bonds is 0. The third-order valence-corrected chi connectivity index (χ3v) is 1.46. The van der Waals surface area contributed by atoms with Gasteiger partial charge in [-0.05, 0) is 6.08 Å². The zero-order valence-electron chi connectivity index (χ0n) is 4.42. The zero-order valence-corrected chi connectivity index (χ0v) is 7.84. The monoisotopic (exact) mass is 121 g/mol. The second-order valence-electron chi connectivity index (χ2n) is 1.09. The Morgan fingerprint density at radius 3 is 2.29 bits per heavy atom. The van der Waals surface area contributed by atoms with E-state index in [0.29, 0.717) is 0 Å². The summed E-state index contributed by atoms with van der Waals surface area (Å²) in [6.45, 7) is 0. The van der Waals surface area contributed by atoms with Gasteiger partial charge >= 0.3 is 0 Å². The first-order valence-corrected chi connectivity index (χ1v) is 3.33. The van der Waals surface area contributed by atoms with Crippen molar-refractivity contribution in [2.45, 2.75) is 0 Å². The average molecular weight is 121 g/mol. The average Bonchev–Trinajstić information content (AvgIpc) is 1.72. The van der Waals surface area contributed by atoms with Gasteiger partial charge in [-0.15, -0.1) is 0 Å². The molecule has 33 valence electrons. The van der Waals surface area contributed by atoms with Crippen molar-refractivity contribution in [1.29, 1.82) is 0 Å². The smallest absolute Gasteiger partial charge is 0.243 e. The van der Waals surface area contributed by atoms with Crippen molar-refractivity contribution < 1.29 is 4.43 Å². The minimum atomic E-state index is -0.259. The molecule has 1 aliphatic heterocycles. The van der Waals surface area contributed by atoms with E-state index < -0.39 is 0 Å². The summed E-state index contributed by atoms with van der Waals surface area (Å²) in [5, 5.41) is 0. The van der Waals surface area contributed by atoms with Gasteiger partial charge in [0, 0.05) is 29.6 Å². The third-order valence-electron chi connectivity index (χ3n) is 0.614. The summed E-state index contributed by atoms with van der Waals surface area (Å²) in [5.41, 5.74) is 2.10. The summed E-state index contributed by atoms with van der Waals surface area (Å²) in [5.74, 6) is 0. The van der Waals surface area contributed by atoms with Crippen molar-refractivity contribution in [2.24, 2.45) is 0 Å². The van der Waals surface area contributed by atoms with Crippen LogP contribution in [-0.2, 0) is 4.43 Å². The molecule has 1 nitrogen and oxygen atoms in total. The van der Waals surface area contributed by atoms with Crippen molar-refractivity contribution in [2.75, 3.05) is 0 Å². The summed E-state index contributed by atoms with van der Waals surface area (Å²) < 4.78 is 4.94. The predicted octanol–water partition coefficient (Wildman–Crippen LogP) is -0.253. The molecule has 0 unspecified atom stereocenters. The molecule has 0 amide bonds. The molecule has 0 atom stereocenters. The van der Waals surface area contributed by atoms with Gasteiger partial charge in [-0.2, -0.15) is 0 Å². The molecule has 0 aromatic rings. The van der Waals surface area contributed by atoms with Crippen LogP contribution in [0.4, 0.5) is 0 Å². The predicted molar refractivity (Wildman–Crippen MR) is 33.7 cm³/mol. The molecule has 1 rings (SSSR count). The molecule has 1 radical (unpaired) electrons. The van der Waals surface area contributed by atoms with Crippen LogP contribution in [0.5, 0.6) is 0 Å². The van der Waals surface area contributed by atoms with Crippen LogP contribution in [0.1, 0.15) is 0 Å². The Morgan fingerprint density at radius 1 is 1.29 bits per heavy atom. The van der Waals surface area contributed by atoms with Crippen LogP contribution >= 0.6 is 0 Å². The van der Waals surface area contributed by atoms with Gasteiger partial charge in [-0.1, -0.05) is 11.8 Å². The fourth-order valence-electron chi connectivity index (χ4n) is 0.346.